The summed E-state index contributed by atoms with van der Waals surface area (Å²) in [5, 5.41) is 3.31. The molecule has 0 atom stereocenters. The van der Waals surface area contributed by atoms with Crippen LogP contribution in [0, 0.1) is 5.41 Å². The maximum Gasteiger partial charge on any atom is 0.252 e. The van der Waals surface area contributed by atoms with Gasteiger partial charge in [-0.15, -0.1) is 0 Å². The first kappa shape index (κ1) is 14.1. The van der Waals surface area contributed by atoms with Crippen molar-refractivity contribution in [2.45, 2.75) is 39.0 Å². The normalized spacial score (nSPS) is 16.6. The Labute approximate surface area is 113 Å². The number of ether oxygens (including phenoxy) is 1. The molecule has 1 aromatic rings. The quantitative estimate of drug-likeness (QED) is 0.792. The van der Waals surface area contributed by atoms with Crippen LogP contribution in [0.4, 0.5) is 5.82 Å². The summed E-state index contributed by atoms with van der Waals surface area (Å²) in [6.07, 6.45) is 3.52. The first-order chi connectivity index (χ1) is 9.04. The fraction of sp³-hybridized carbons (Fsp3) is 0.714. The number of hydrogen-bond donors (Lipinski definition) is 2. The van der Waals surface area contributed by atoms with Gasteiger partial charge in [-0.05, 0) is 24.7 Å². The van der Waals surface area contributed by atoms with Gasteiger partial charge in [-0.1, -0.05) is 13.8 Å². The van der Waals surface area contributed by atoms with E-state index in [0.29, 0.717) is 11.2 Å². The van der Waals surface area contributed by atoms with Gasteiger partial charge in [-0.2, -0.15) is 0 Å². The average molecular weight is 265 g/mol. The number of aromatic amines is 1. The lowest BCUT2D eigenvalue weighted by Crippen LogP contribution is -2.20. The third-order valence-electron chi connectivity index (χ3n) is 3.74. The Hall–Kier alpha value is -1.36. The van der Waals surface area contributed by atoms with Crippen molar-refractivity contribution in [1.29, 1.82) is 0 Å². The highest BCUT2D eigenvalue weighted by Gasteiger charge is 2.41. The molecule has 5 heteroatoms. The number of methoxy groups -OCH3 is 1. The van der Waals surface area contributed by atoms with Crippen molar-refractivity contribution in [1.82, 2.24) is 9.97 Å². The highest BCUT2D eigenvalue weighted by molar-refractivity contribution is 5.34. The van der Waals surface area contributed by atoms with E-state index in [2.05, 4.69) is 15.3 Å². The van der Waals surface area contributed by atoms with E-state index in [1.54, 1.807) is 7.11 Å². The lowest BCUT2D eigenvalue weighted by Gasteiger charge is -2.16. The Kier molecular flexibility index (Phi) is 4.24. The topological polar surface area (TPSA) is 67.0 Å². The van der Waals surface area contributed by atoms with Crippen molar-refractivity contribution >= 4 is 5.82 Å². The van der Waals surface area contributed by atoms with Gasteiger partial charge in [0.15, 0.2) is 0 Å². The van der Waals surface area contributed by atoms with E-state index >= 15 is 0 Å². The summed E-state index contributed by atoms with van der Waals surface area (Å²) in [5.74, 6) is 1.63. The molecule has 0 radical (unpaired) electrons. The molecule has 0 aliphatic heterocycles. The number of hydrogen-bond acceptors (Lipinski definition) is 4. The Morgan fingerprint density at radius 2 is 2.26 bits per heavy atom. The molecule has 0 bridgehead atoms. The molecule has 1 saturated carbocycles. The maximum absolute atomic E-state index is 11.6. The zero-order chi connectivity index (χ0) is 13.9. The molecular formula is C14H23N3O2. The molecule has 0 unspecified atom stereocenters. The number of H-pyrrole nitrogens is 1. The van der Waals surface area contributed by atoms with E-state index in [1.165, 1.54) is 18.9 Å². The third-order valence-corrected chi connectivity index (χ3v) is 3.74. The van der Waals surface area contributed by atoms with Gasteiger partial charge in [0.25, 0.3) is 5.56 Å². The highest BCUT2D eigenvalue weighted by Crippen LogP contribution is 2.48. The standard InChI is InChI=1S/C14H23N3O2/c1-10(2)13-16-11(8-12(18)17-13)15-9-14(4-5-14)6-7-19-3/h8,10H,4-7,9H2,1-3H3,(H2,15,16,17,18). The molecule has 0 amide bonds. The second kappa shape index (κ2) is 5.74. The molecule has 1 aromatic heterocycles. The molecule has 1 aliphatic carbocycles. The summed E-state index contributed by atoms with van der Waals surface area (Å²) in [5.41, 5.74) is 0.251. The lowest BCUT2D eigenvalue weighted by atomic mass is 10.0. The van der Waals surface area contributed by atoms with Crippen LogP contribution < -0.4 is 10.9 Å². The minimum absolute atomic E-state index is 0.0945. The van der Waals surface area contributed by atoms with Crippen LogP contribution in [0.25, 0.3) is 0 Å². The molecule has 1 fully saturated rings. The Bertz CT molecular complexity index is 478. The van der Waals surface area contributed by atoms with Crippen LogP contribution in [-0.4, -0.2) is 30.2 Å². The SMILES string of the molecule is COCCC1(CNc2cc(=O)[nH]c(C(C)C)n2)CC1. The molecule has 2 N–H and O–H groups in total. The van der Waals surface area contributed by atoms with Crippen molar-refractivity contribution in [3.05, 3.63) is 22.2 Å². The molecule has 106 valence electrons. The number of nitrogens with one attached hydrogen (secondary N) is 2. The zero-order valence-corrected chi connectivity index (χ0v) is 12.0. The number of nitrogens with zero attached hydrogens (tertiary/aromatic N) is 1. The number of rotatable bonds is 7. The van der Waals surface area contributed by atoms with E-state index in [-0.39, 0.29) is 11.5 Å². The molecule has 5 nitrogen and oxygen atoms in total. The molecule has 1 heterocycles. The van der Waals surface area contributed by atoms with Crippen molar-refractivity contribution in [3.8, 4) is 0 Å². The Balaban J connectivity index is 1.98. The van der Waals surface area contributed by atoms with Crippen LogP contribution in [0.1, 0.15) is 44.9 Å². The van der Waals surface area contributed by atoms with E-state index < -0.39 is 0 Å². The van der Waals surface area contributed by atoms with Gasteiger partial charge in [-0.25, -0.2) is 4.98 Å². The minimum Gasteiger partial charge on any atom is -0.385 e. The van der Waals surface area contributed by atoms with Gasteiger partial charge in [0, 0.05) is 32.2 Å². The van der Waals surface area contributed by atoms with Crippen LogP contribution in [0.5, 0.6) is 0 Å². The van der Waals surface area contributed by atoms with Crippen molar-refractivity contribution in [2.75, 3.05) is 25.6 Å². The van der Waals surface area contributed by atoms with Crippen LogP contribution in [0.2, 0.25) is 0 Å². The van der Waals surface area contributed by atoms with Gasteiger partial charge in [0.1, 0.15) is 11.6 Å². The van der Waals surface area contributed by atoms with Crippen molar-refractivity contribution in [2.24, 2.45) is 5.41 Å². The molecule has 0 aromatic carbocycles. The molecule has 1 aliphatic rings. The van der Waals surface area contributed by atoms with E-state index in [1.807, 2.05) is 13.8 Å². The molecule has 2 rings (SSSR count). The largest absolute Gasteiger partial charge is 0.385 e. The predicted octanol–water partition coefficient (Wildman–Crippen LogP) is 2.12. The van der Waals surface area contributed by atoms with Gasteiger partial charge in [0.2, 0.25) is 0 Å². The Morgan fingerprint density at radius 1 is 1.53 bits per heavy atom. The maximum atomic E-state index is 11.6. The van der Waals surface area contributed by atoms with E-state index in [9.17, 15) is 4.79 Å². The summed E-state index contributed by atoms with van der Waals surface area (Å²) in [7, 11) is 1.73. The van der Waals surface area contributed by atoms with E-state index in [4.69, 9.17) is 4.74 Å². The predicted molar refractivity (Wildman–Crippen MR) is 75.6 cm³/mol. The summed E-state index contributed by atoms with van der Waals surface area (Å²) in [6.45, 7) is 5.69. The molecule has 0 saturated heterocycles. The van der Waals surface area contributed by atoms with Gasteiger partial charge >= 0.3 is 0 Å². The monoisotopic (exact) mass is 265 g/mol. The van der Waals surface area contributed by atoms with Gasteiger partial charge in [-0.3, -0.25) is 4.79 Å². The van der Waals surface area contributed by atoms with Crippen molar-refractivity contribution in [3.63, 3.8) is 0 Å². The molecular weight excluding hydrogens is 242 g/mol. The molecule has 19 heavy (non-hydrogen) atoms. The fourth-order valence-corrected chi connectivity index (χ4v) is 2.13. The number of anilines is 1. The van der Waals surface area contributed by atoms with Crippen LogP contribution in [0.3, 0.4) is 0 Å². The van der Waals surface area contributed by atoms with Crippen LogP contribution >= 0.6 is 0 Å². The van der Waals surface area contributed by atoms with Crippen molar-refractivity contribution < 1.29 is 4.74 Å². The summed E-state index contributed by atoms with van der Waals surface area (Å²) < 4.78 is 5.14. The third kappa shape index (κ3) is 3.80. The van der Waals surface area contributed by atoms with Gasteiger partial charge < -0.3 is 15.0 Å². The van der Waals surface area contributed by atoms with E-state index in [0.717, 1.165) is 25.4 Å². The van der Waals surface area contributed by atoms with Gasteiger partial charge in [0.05, 0.1) is 0 Å². The second-order valence-corrected chi connectivity index (χ2v) is 5.77. The minimum atomic E-state index is -0.0945. The summed E-state index contributed by atoms with van der Waals surface area (Å²) in [4.78, 5) is 18.8. The highest BCUT2D eigenvalue weighted by atomic mass is 16.5. The second-order valence-electron chi connectivity index (χ2n) is 5.77. The van der Waals surface area contributed by atoms with Crippen LogP contribution in [0.15, 0.2) is 10.9 Å². The first-order valence-corrected chi connectivity index (χ1v) is 6.89. The lowest BCUT2D eigenvalue weighted by molar-refractivity contribution is 0.175. The fourth-order valence-electron chi connectivity index (χ4n) is 2.13. The summed E-state index contributed by atoms with van der Waals surface area (Å²) >= 11 is 0. The average Bonchev–Trinajstić information content (AvgIpc) is 3.14. The first-order valence-electron chi connectivity index (χ1n) is 6.89. The Morgan fingerprint density at radius 3 is 2.84 bits per heavy atom. The summed E-state index contributed by atoms with van der Waals surface area (Å²) in [6, 6.07) is 1.53. The van der Waals surface area contributed by atoms with Crippen LogP contribution in [-0.2, 0) is 4.74 Å². The number of aromatic nitrogens is 2. The smallest absolute Gasteiger partial charge is 0.252 e. The zero-order valence-electron chi connectivity index (χ0n) is 12.0. The molecule has 0 spiro atoms.